The van der Waals surface area contributed by atoms with E-state index in [0.717, 1.165) is 5.75 Å². The molecule has 0 radical (unpaired) electrons. The van der Waals surface area contributed by atoms with Crippen LogP contribution in [0.2, 0.25) is 0 Å². The lowest BCUT2D eigenvalue weighted by Gasteiger charge is -2.08. The molecular weight excluding hydrogens is 302 g/mol. The number of para-hydroxylation sites is 3. The van der Waals surface area contributed by atoms with Gasteiger partial charge in [-0.25, -0.2) is 0 Å². The van der Waals surface area contributed by atoms with E-state index < -0.39 is 0 Å². The molecule has 0 heterocycles. The second kappa shape index (κ2) is 7.33. The molecule has 0 unspecified atom stereocenters. The van der Waals surface area contributed by atoms with Gasteiger partial charge in [0.25, 0.3) is 0 Å². The monoisotopic (exact) mass is 319 g/mol. The highest BCUT2D eigenvalue weighted by atomic mass is 16.5. The molecule has 0 aromatic heterocycles. The summed E-state index contributed by atoms with van der Waals surface area (Å²) in [7, 11) is 1.56. The smallest absolute Gasteiger partial charge is 0.153 e. The standard InChI is InChI=1S/C20H17NO3/c1-23-17-12-11-15(19(22)13-17)14-21-18-9-5-6-10-20(18)24-16-7-3-2-4-8-16/h2-14,22H,1H3. The van der Waals surface area contributed by atoms with Crippen LogP contribution in [0.5, 0.6) is 23.0 Å². The first-order valence-corrected chi connectivity index (χ1v) is 7.49. The lowest BCUT2D eigenvalue weighted by atomic mass is 10.2. The minimum atomic E-state index is 0.111. The van der Waals surface area contributed by atoms with Crippen molar-refractivity contribution >= 4 is 11.9 Å². The Balaban J connectivity index is 1.85. The minimum Gasteiger partial charge on any atom is -0.507 e. The van der Waals surface area contributed by atoms with Crippen molar-refractivity contribution in [1.29, 1.82) is 0 Å². The molecule has 1 N–H and O–H groups in total. The second-order valence-electron chi connectivity index (χ2n) is 5.07. The molecule has 0 saturated heterocycles. The van der Waals surface area contributed by atoms with Crippen LogP contribution in [-0.2, 0) is 0 Å². The predicted molar refractivity (Wildman–Crippen MR) is 94.9 cm³/mol. The molecule has 4 heteroatoms. The van der Waals surface area contributed by atoms with Gasteiger partial charge in [-0.2, -0.15) is 0 Å². The summed E-state index contributed by atoms with van der Waals surface area (Å²) in [6.07, 6.45) is 1.60. The van der Waals surface area contributed by atoms with E-state index in [2.05, 4.69) is 4.99 Å². The van der Waals surface area contributed by atoms with Gasteiger partial charge >= 0.3 is 0 Å². The van der Waals surface area contributed by atoms with E-state index in [-0.39, 0.29) is 5.75 Å². The summed E-state index contributed by atoms with van der Waals surface area (Å²) in [4.78, 5) is 4.44. The van der Waals surface area contributed by atoms with E-state index in [4.69, 9.17) is 9.47 Å². The van der Waals surface area contributed by atoms with Crippen LogP contribution in [0, 0.1) is 0 Å². The Kier molecular flexibility index (Phi) is 4.77. The largest absolute Gasteiger partial charge is 0.507 e. The fourth-order valence-electron chi connectivity index (χ4n) is 2.16. The van der Waals surface area contributed by atoms with Crippen molar-refractivity contribution < 1.29 is 14.6 Å². The fourth-order valence-corrected chi connectivity index (χ4v) is 2.16. The maximum atomic E-state index is 10.0. The van der Waals surface area contributed by atoms with Crippen LogP contribution in [0.15, 0.2) is 77.8 Å². The highest BCUT2D eigenvalue weighted by Crippen LogP contribution is 2.31. The zero-order chi connectivity index (χ0) is 16.8. The summed E-state index contributed by atoms with van der Waals surface area (Å²) in [5.41, 5.74) is 1.28. The Labute approximate surface area is 140 Å². The number of ether oxygens (including phenoxy) is 2. The van der Waals surface area contributed by atoms with Crippen molar-refractivity contribution in [3.8, 4) is 23.0 Å². The van der Waals surface area contributed by atoms with E-state index >= 15 is 0 Å². The van der Waals surface area contributed by atoms with Crippen LogP contribution in [-0.4, -0.2) is 18.4 Å². The first-order valence-electron chi connectivity index (χ1n) is 7.49. The number of hydrogen-bond acceptors (Lipinski definition) is 4. The van der Waals surface area contributed by atoms with Gasteiger partial charge in [0.15, 0.2) is 5.75 Å². The molecule has 0 aliphatic rings. The summed E-state index contributed by atoms with van der Waals surface area (Å²) in [6, 6.07) is 22.1. The van der Waals surface area contributed by atoms with Crippen LogP contribution < -0.4 is 9.47 Å². The molecule has 0 atom stereocenters. The molecule has 0 bridgehead atoms. The summed E-state index contributed by atoms with van der Waals surface area (Å²) in [5, 5.41) is 10.0. The summed E-state index contributed by atoms with van der Waals surface area (Å²) in [5.74, 6) is 2.09. The van der Waals surface area contributed by atoms with Gasteiger partial charge < -0.3 is 14.6 Å². The third-order valence-corrected chi connectivity index (χ3v) is 3.42. The molecule has 24 heavy (non-hydrogen) atoms. The SMILES string of the molecule is COc1ccc(C=Nc2ccccc2Oc2ccccc2)c(O)c1. The van der Waals surface area contributed by atoms with Crippen molar-refractivity contribution in [2.24, 2.45) is 4.99 Å². The third-order valence-electron chi connectivity index (χ3n) is 3.42. The second-order valence-corrected chi connectivity index (χ2v) is 5.07. The van der Waals surface area contributed by atoms with E-state index in [0.29, 0.717) is 22.7 Å². The molecule has 3 rings (SSSR count). The zero-order valence-electron chi connectivity index (χ0n) is 13.2. The van der Waals surface area contributed by atoms with Crippen LogP contribution >= 0.6 is 0 Å². The average Bonchev–Trinajstić information content (AvgIpc) is 2.62. The van der Waals surface area contributed by atoms with Gasteiger partial charge in [-0.05, 0) is 36.4 Å². The van der Waals surface area contributed by atoms with E-state index in [1.165, 1.54) is 0 Å². The minimum absolute atomic E-state index is 0.111. The lowest BCUT2D eigenvalue weighted by Crippen LogP contribution is -1.87. The number of phenols is 1. The van der Waals surface area contributed by atoms with Gasteiger partial charge in [0.2, 0.25) is 0 Å². The van der Waals surface area contributed by atoms with Crippen molar-refractivity contribution in [2.45, 2.75) is 0 Å². The molecule has 120 valence electrons. The molecule has 3 aromatic carbocycles. The summed E-state index contributed by atoms with van der Waals surface area (Å²) in [6.45, 7) is 0. The molecule has 0 saturated carbocycles. The Morgan fingerprint density at radius 1 is 0.875 bits per heavy atom. The van der Waals surface area contributed by atoms with Crippen molar-refractivity contribution in [2.75, 3.05) is 7.11 Å². The molecule has 0 aliphatic heterocycles. The van der Waals surface area contributed by atoms with Gasteiger partial charge in [-0.15, -0.1) is 0 Å². The molecule has 0 fully saturated rings. The molecule has 0 aliphatic carbocycles. The number of methoxy groups -OCH3 is 1. The number of nitrogens with zero attached hydrogens (tertiary/aromatic N) is 1. The van der Waals surface area contributed by atoms with Gasteiger partial charge in [-0.1, -0.05) is 30.3 Å². The van der Waals surface area contributed by atoms with Gasteiger partial charge in [0, 0.05) is 17.8 Å². The van der Waals surface area contributed by atoms with Crippen LogP contribution in [0.25, 0.3) is 0 Å². The molecule has 4 nitrogen and oxygen atoms in total. The van der Waals surface area contributed by atoms with Crippen LogP contribution in [0.3, 0.4) is 0 Å². The normalized spacial score (nSPS) is 10.7. The third kappa shape index (κ3) is 3.73. The zero-order valence-corrected chi connectivity index (χ0v) is 13.2. The number of aliphatic imine (C=N–C) groups is 1. The quantitative estimate of drug-likeness (QED) is 0.677. The van der Waals surface area contributed by atoms with Gasteiger partial charge in [-0.3, -0.25) is 4.99 Å². The molecule has 0 spiro atoms. The van der Waals surface area contributed by atoms with E-state index in [1.54, 1.807) is 31.5 Å². The van der Waals surface area contributed by atoms with Crippen molar-refractivity contribution in [1.82, 2.24) is 0 Å². The predicted octanol–water partition coefficient (Wildman–Crippen LogP) is 4.94. The number of aromatic hydroxyl groups is 1. The fraction of sp³-hybridized carbons (Fsp3) is 0.0500. The van der Waals surface area contributed by atoms with Gasteiger partial charge in [0.1, 0.15) is 22.9 Å². The lowest BCUT2D eigenvalue weighted by molar-refractivity contribution is 0.407. The average molecular weight is 319 g/mol. The maximum absolute atomic E-state index is 10.0. The Morgan fingerprint density at radius 3 is 2.38 bits per heavy atom. The molecule has 3 aromatic rings. The first kappa shape index (κ1) is 15.6. The summed E-state index contributed by atoms with van der Waals surface area (Å²) < 4.78 is 10.9. The van der Waals surface area contributed by atoms with E-state index in [1.807, 2.05) is 54.6 Å². The highest BCUT2D eigenvalue weighted by Gasteiger charge is 2.04. The Bertz CT molecular complexity index is 845. The van der Waals surface area contributed by atoms with Crippen molar-refractivity contribution in [3.63, 3.8) is 0 Å². The maximum Gasteiger partial charge on any atom is 0.153 e. The molecule has 0 amide bonds. The Hall–Kier alpha value is -3.27. The summed E-state index contributed by atoms with van der Waals surface area (Å²) >= 11 is 0. The highest BCUT2D eigenvalue weighted by molar-refractivity contribution is 5.86. The molecular formula is C20H17NO3. The number of phenolic OH excluding ortho intramolecular Hbond substituents is 1. The number of hydrogen-bond donors (Lipinski definition) is 1. The van der Waals surface area contributed by atoms with Gasteiger partial charge in [0.05, 0.1) is 7.11 Å². The van der Waals surface area contributed by atoms with Crippen LogP contribution in [0.4, 0.5) is 5.69 Å². The number of rotatable bonds is 5. The number of benzene rings is 3. The Morgan fingerprint density at radius 2 is 1.62 bits per heavy atom. The van der Waals surface area contributed by atoms with Crippen LogP contribution in [0.1, 0.15) is 5.56 Å². The van der Waals surface area contributed by atoms with E-state index in [9.17, 15) is 5.11 Å². The topological polar surface area (TPSA) is 51.0 Å². The van der Waals surface area contributed by atoms with Crippen molar-refractivity contribution in [3.05, 3.63) is 78.4 Å². The first-order chi connectivity index (χ1) is 11.8.